The number of nitrogens with one attached hydrogen (secondary N) is 2. The maximum absolute atomic E-state index is 12.6. The van der Waals surface area contributed by atoms with Gasteiger partial charge < -0.3 is 5.32 Å². The molecule has 0 aromatic heterocycles. The summed E-state index contributed by atoms with van der Waals surface area (Å²) in [6, 6.07) is 21.1. The third kappa shape index (κ3) is 4.78. The van der Waals surface area contributed by atoms with Crippen molar-refractivity contribution >= 4 is 21.6 Å². The molecular formula is C22H22N2O3S. The van der Waals surface area contributed by atoms with Crippen LogP contribution in [0.25, 0.3) is 0 Å². The maximum Gasteiger partial charge on any atom is 0.261 e. The summed E-state index contributed by atoms with van der Waals surface area (Å²) in [7, 11) is -3.73. The highest BCUT2D eigenvalue weighted by Gasteiger charge is 2.16. The summed E-state index contributed by atoms with van der Waals surface area (Å²) >= 11 is 0. The number of aryl methyl sites for hydroxylation is 2. The summed E-state index contributed by atoms with van der Waals surface area (Å²) in [4.78, 5) is 12.4. The van der Waals surface area contributed by atoms with Crippen LogP contribution in [0.5, 0.6) is 0 Å². The molecule has 0 saturated heterocycles. The second kappa shape index (κ2) is 8.27. The van der Waals surface area contributed by atoms with E-state index in [0.29, 0.717) is 17.8 Å². The summed E-state index contributed by atoms with van der Waals surface area (Å²) in [5.41, 5.74) is 3.75. The third-order valence-corrected chi connectivity index (χ3v) is 5.74. The average Bonchev–Trinajstić information content (AvgIpc) is 2.69. The van der Waals surface area contributed by atoms with Crippen molar-refractivity contribution in [1.29, 1.82) is 0 Å². The molecule has 0 aliphatic heterocycles. The first-order valence-corrected chi connectivity index (χ1v) is 10.4. The van der Waals surface area contributed by atoms with E-state index in [-0.39, 0.29) is 10.8 Å². The number of hydrogen-bond donors (Lipinski definition) is 2. The molecular weight excluding hydrogens is 372 g/mol. The lowest BCUT2D eigenvalue weighted by molar-refractivity contribution is 0.0951. The van der Waals surface area contributed by atoms with Crippen molar-refractivity contribution in [2.45, 2.75) is 25.3 Å². The first-order valence-electron chi connectivity index (χ1n) is 8.87. The SMILES string of the molecule is Cc1ccc(C)c(NS(=O)(=O)c2ccc(C(=O)NCc3ccccc3)cc2)c1. The molecule has 0 spiro atoms. The van der Waals surface area contributed by atoms with E-state index in [1.807, 2.05) is 56.3 Å². The van der Waals surface area contributed by atoms with E-state index in [1.54, 1.807) is 6.07 Å². The van der Waals surface area contributed by atoms with Crippen LogP contribution >= 0.6 is 0 Å². The predicted octanol–water partition coefficient (Wildman–Crippen LogP) is 4.03. The molecule has 0 bridgehead atoms. The molecule has 5 nitrogen and oxygen atoms in total. The van der Waals surface area contributed by atoms with Crippen molar-refractivity contribution < 1.29 is 13.2 Å². The number of hydrogen-bond acceptors (Lipinski definition) is 3. The number of anilines is 1. The zero-order chi connectivity index (χ0) is 20.1. The van der Waals surface area contributed by atoms with Crippen molar-refractivity contribution in [2.24, 2.45) is 0 Å². The lowest BCUT2D eigenvalue weighted by Gasteiger charge is -2.12. The second-order valence-corrected chi connectivity index (χ2v) is 8.30. The van der Waals surface area contributed by atoms with E-state index >= 15 is 0 Å². The molecule has 0 aliphatic rings. The van der Waals surface area contributed by atoms with Crippen LogP contribution in [-0.2, 0) is 16.6 Å². The van der Waals surface area contributed by atoms with Gasteiger partial charge in [0.2, 0.25) is 0 Å². The molecule has 0 saturated carbocycles. The van der Waals surface area contributed by atoms with E-state index in [9.17, 15) is 13.2 Å². The molecule has 3 aromatic rings. The van der Waals surface area contributed by atoms with Crippen molar-refractivity contribution in [1.82, 2.24) is 5.32 Å². The highest BCUT2D eigenvalue weighted by Crippen LogP contribution is 2.21. The minimum Gasteiger partial charge on any atom is -0.348 e. The number of benzene rings is 3. The smallest absolute Gasteiger partial charge is 0.261 e. The van der Waals surface area contributed by atoms with Gasteiger partial charge in [-0.15, -0.1) is 0 Å². The Labute approximate surface area is 165 Å². The molecule has 28 heavy (non-hydrogen) atoms. The standard InChI is InChI=1S/C22H22N2O3S/c1-16-8-9-17(2)21(14-16)24-28(26,27)20-12-10-19(11-13-20)22(25)23-15-18-6-4-3-5-7-18/h3-14,24H,15H2,1-2H3,(H,23,25). The Morgan fingerprint density at radius 1 is 0.893 bits per heavy atom. The molecule has 6 heteroatoms. The van der Waals surface area contributed by atoms with E-state index in [4.69, 9.17) is 0 Å². The largest absolute Gasteiger partial charge is 0.348 e. The van der Waals surface area contributed by atoms with Gasteiger partial charge in [0.05, 0.1) is 10.6 Å². The van der Waals surface area contributed by atoms with E-state index in [1.165, 1.54) is 24.3 Å². The van der Waals surface area contributed by atoms with Crippen molar-refractivity contribution in [3.8, 4) is 0 Å². The van der Waals surface area contributed by atoms with Crippen LogP contribution in [0.3, 0.4) is 0 Å². The fourth-order valence-electron chi connectivity index (χ4n) is 2.72. The molecule has 0 unspecified atom stereocenters. The summed E-state index contributed by atoms with van der Waals surface area (Å²) in [6.45, 7) is 4.16. The van der Waals surface area contributed by atoms with Gasteiger partial charge in [-0.2, -0.15) is 0 Å². The van der Waals surface area contributed by atoms with Crippen molar-refractivity contribution in [3.63, 3.8) is 0 Å². The van der Waals surface area contributed by atoms with Gasteiger partial charge in [0.15, 0.2) is 0 Å². The van der Waals surface area contributed by atoms with Gasteiger partial charge in [0.1, 0.15) is 0 Å². The third-order valence-electron chi connectivity index (χ3n) is 4.36. The minimum absolute atomic E-state index is 0.105. The van der Waals surface area contributed by atoms with Crippen LogP contribution in [0.4, 0.5) is 5.69 Å². The van der Waals surface area contributed by atoms with E-state index in [2.05, 4.69) is 10.0 Å². The Balaban J connectivity index is 1.70. The summed E-state index contributed by atoms with van der Waals surface area (Å²) in [5.74, 6) is -0.254. The number of rotatable bonds is 6. The Bertz CT molecular complexity index is 1080. The molecule has 2 N–H and O–H groups in total. The zero-order valence-corrected chi connectivity index (χ0v) is 16.6. The summed E-state index contributed by atoms with van der Waals surface area (Å²) < 4.78 is 27.9. The molecule has 1 amide bonds. The maximum atomic E-state index is 12.6. The van der Waals surface area contributed by atoms with Crippen molar-refractivity contribution in [3.05, 3.63) is 95.1 Å². The highest BCUT2D eigenvalue weighted by atomic mass is 32.2. The minimum atomic E-state index is -3.73. The predicted molar refractivity (Wildman–Crippen MR) is 111 cm³/mol. The first kappa shape index (κ1) is 19.6. The highest BCUT2D eigenvalue weighted by molar-refractivity contribution is 7.92. The van der Waals surface area contributed by atoms with Gasteiger partial charge in [0.25, 0.3) is 15.9 Å². The van der Waals surface area contributed by atoms with Crippen molar-refractivity contribution in [2.75, 3.05) is 4.72 Å². The van der Waals surface area contributed by atoms with Gasteiger partial charge in [-0.25, -0.2) is 8.42 Å². The van der Waals surface area contributed by atoms with Crippen LogP contribution in [0.2, 0.25) is 0 Å². The fourth-order valence-corrected chi connectivity index (χ4v) is 3.84. The molecule has 3 aromatic carbocycles. The number of amides is 1. The van der Waals surface area contributed by atoms with Crippen LogP contribution in [0.1, 0.15) is 27.0 Å². The topological polar surface area (TPSA) is 75.3 Å². The Hall–Kier alpha value is -3.12. The fraction of sp³-hybridized carbons (Fsp3) is 0.136. The molecule has 0 fully saturated rings. The second-order valence-electron chi connectivity index (χ2n) is 6.62. The number of sulfonamides is 1. The monoisotopic (exact) mass is 394 g/mol. The summed E-state index contributed by atoms with van der Waals surface area (Å²) in [5, 5.41) is 2.82. The first-order chi connectivity index (χ1) is 13.3. The van der Waals surface area contributed by atoms with Gasteiger partial charge in [-0.05, 0) is 60.9 Å². The van der Waals surface area contributed by atoms with Gasteiger partial charge in [-0.3, -0.25) is 9.52 Å². The molecule has 0 radical (unpaired) electrons. The number of carbonyl (C=O) groups excluding carboxylic acids is 1. The Kier molecular flexibility index (Phi) is 5.80. The normalized spacial score (nSPS) is 11.1. The van der Waals surface area contributed by atoms with Gasteiger partial charge >= 0.3 is 0 Å². The van der Waals surface area contributed by atoms with E-state index in [0.717, 1.165) is 16.7 Å². The molecule has 0 heterocycles. The zero-order valence-electron chi connectivity index (χ0n) is 15.8. The van der Waals surface area contributed by atoms with Gasteiger partial charge in [-0.1, -0.05) is 42.5 Å². The lowest BCUT2D eigenvalue weighted by atomic mass is 10.1. The van der Waals surface area contributed by atoms with Crippen LogP contribution in [-0.4, -0.2) is 14.3 Å². The number of carbonyl (C=O) groups is 1. The molecule has 0 atom stereocenters. The average molecular weight is 394 g/mol. The Morgan fingerprint density at radius 3 is 2.25 bits per heavy atom. The Morgan fingerprint density at radius 2 is 1.57 bits per heavy atom. The molecule has 0 aliphatic carbocycles. The van der Waals surface area contributed by atoms with Gasteiger partial charge in [0, 0.05) is 12.1 Å². The van der Waals surface area contributed by atoms with Crippen LogP contribution in [0, 0.1) is 13.8 Å². The summed E-state index contributed by atoms with van der Waals surface area (Å²) in [6.07, 6.45) is 0. The van der Waals surface area contributed by atoms with Crippen LogP contribution in [0.15, 0.2) is 77.7 Å². The van der Waals surface area contributed by atoms with Crippen LogP contribution < -0.4 is 10.0 Å². The molecule has 3 rings (SSSR count). The quantitative estimate of drug-likeness (QED) is 0.663. The molecule has 144 valence electrons. The van der Waals surface area contributed by atoms with E-state index < -0.39 is 10.0 Å². The lowest BCUT2D eigenvalue weighted by Crippen LogP contribution is -2.23.